The van der Waals surface area contributed by atoms with Crippen molar-refractivity contribution in [3.8, 4) is 5.69 Å². The summed E-state index contributed by atoms with van der Waals surface area (Å²) in [6.45, 7) is 2.99. The second-order valence-corrected chi connectivity index (χ2v) is 6.32. The van der Waals surface area contributed by atoms with Crippen LogP contribution in [0.3, 0.4) is 0 Å². The minimum absolute atomic E-state index is 0.205. The SMILES string of the molecule is CC(=O)Nc1ccc(NC(=O)c2cnn(-c3cccc(C(F)(F)F)c3)c2C)cc1. The van der Waals surface area contributed by atoms with Crippen LogP contribution in [0.25, 0.3) is 5.69 Å². The van der Waals surface area contributed by atoms with Gasteiger partial charge in [-0.25, -0.2) is 4.68 Å². The van der Waals surface area contributed by atoms with Crippen molar-refractivity contribution in [3.63, 3.8) is 0 Å². The molecule has 150 valence electrons. The third-order valence-corrected chi connectivity index (χ3v) is 4.14. The van der Waals surface area contributed by atoms with Crippen molar-refractivity contribution in [2.75, 3.05) is 10.6 Å². The summed E-state index contributed by atoms with van der Waals surface area (Å²) < 4.78 is 40.1. The molecular formula is C20H17F3N4O2. The first-order valence-corrected chi connectivity index (χ1v) is 8.56. The Morgan fingerprint density at radius 2 is 1.62 bits per heavy atom. The third-order valence-electron chi connectivity index (χ3n) is 4.14. The second-order valence-electron chi connectivity index (χ2n) is 6.32. The Balaban J connectivity index is 1.80. The fourth-order valence-corrected chi connectivity index (χ4v) is 2.75. The summed E-state index contributed by atoms with van der Waals surface area (Å²) in [7, 11) is 0. The number of hydrogen-bond donors (Lipinski definition) is 2. The fourth-order valence-electron chi connectivity index (χ4n) is 2.75. The minimum Gasteiger partial charge on any atom is -0.326 e. The molecule has 0 saturated carbocycles. The largest absolute Gasteiger partial charge is 0.416 e. The number of amides is 2. The maximum absolute atomic E-state index is 12.9. The maximum Gasteiger partial charge on any atom is 0.416 e. The molecule has 2 N–H and O–H groups in total. The number of rotatable bonds is 4. The van der Waals surface area contributed by atoms with E-state index in [2.05, 4.69) is 15.7 Å². The van der Waals surface area contributed by atoms with Crippen LogP contribution in [0.15, 0.2) is 54.7 Å². The molecule has 1 heterocycles. The standard InChI is InChI=1S/C20H17F3N4O2/c1-12-18(19(29)26-16-8-6-15(7-9-16)25-13(2)28)11-24-27(12)17-5-3-4-14(10-17)20(21,22)23/h3-11H,1-2H3,(H,25,28)(H,26,29). The highest BCUT2D eigenvalue weighted by Crippen LogP contribution is 2.30. The van der Waals surface area contributed by atoms with Crippen LogP contribution in [0, 0.1) is 6.92 Å². The normalized spacial score (nSPS) is 11.2. The van der Waals surface area contributed by atoms with Gasteiger partial charge < -0.3 is 10.6 Å². The number of benzene rings is 2. The predicted molar refractivity (Wildman–Crippen MR) is 102 cm³/mol. The maximum atomic E-state index is 12.9. The lowest BCUT2D eigenvalue weighted by Crippen LogP contribution is -2.13. The molecule has 0 radical (unpaired) electrons. The molecule has 29 heavy (non-hydrogen) atoms. The first-order valence-electron chi connectivity index (χ1n) is 8.56. The molecule has 2 aromatic carbocycles. The van der Waals surface area contributed by atoms with E-state index in [0.29, 0.717) is 17.1 Å². The van der Waals surface area contributed by atoms with Gasteiger partial charge in [-0.15, -0.1) is 0 Å². The van der Waals surface area contributed by atoms with Crippen LogP contribution in [0.5, 0.6) is 0 Å². The molecule has 1 aromatic heterocycles. The lowest BCUT2D eigenvalue weighted by atomic mass is 10.2. The van der Waals surface area contributed by atoms with Crippen molar-refractivity contribution in [2.45, 2.75) is 20.0 Å². The van der Waals surface area contributed by atoms with Gasteiger partial charge in [-0.1, -0.05) is 6.07 Å². The number of alkyl halides is 3. The van der Waals surface area contributed by atoms with Crippen LogP contribution in [0.4, 0.5) is 24.5 Å². The summed E-state index contributed by atoms with van der Waals surface area (Å²) in [5.41, 5.74) is 1.12. The zero-order valence-electron chi connectivity index (χ0n) is 15.5. The molecule has 0 aliphatic rings. The van der Waals surface area contributed by atoms with Crippen LogP contribution in [-0.2, 0) is 11.0 Å². The van der Waals surface area contributed by atoms with E-state index in [0.717, 1.165) is 12.1 Å². The third kappa shape index (κ3) is 4.63. The van der Waals surface area contributed by atoms with Gasteiger partial charge in [0.15, 0.2) is 0 Å². The van der Waals surface area contributed by atoms with E-state index in [1.807, 2.05) is 0 Å². The Hall–Kier alpha value is -3.62. The summed E-state index contributed by atoms with van der Waals surface area (Å²) in [6, 6.07) is 11.2. The molecule has 0 saturated heterocycles. The van der Waals surface area contributed by atoms with Gasteiger partial charge in [-0.2, -0.15) is 18.3 Å². The van der Waals surface area contributed by atoms with Crippen molar-refractivity contribution in [1.29, 1.82) is 0 Å². The van der Waals surface area contributed by atoms with Gasteiger partial charge >= 0.3 is 6.18 Å². The zero-order valence-corrected chi connectivity index (χ0v) is 15.5. The van der Waals surface area contributed by atoms with Crippen LogP contribution in [0.1, 0.15) is 28.5 Å². The highest BCUT2D eigenvalue weighted by molar-refractivity contribution is 6.05. The van der Waals surface area contributed by atoms with E-state index in [1.54, 1.807) is 31.2 Å². The number of aromatic nitrogens is 2. The number of anilines is 2. The number of carbonyl (C=O) groups is 2. The summed E-state index contributed by atoms with van der Waals surface area (Å²) in [5.74, 6) is -0.660. The van der Waals surface area contributed by atoms with E-state index in [4.69, 9.17) is 0 Å². The van der Waals surface area contributed by atoms with Crippen molar-refractivity contribution >= 4 is 23.2 Å². The fraction of sp³-hybridized carbons (Fsp3) is 0.150. The molecule has 0 aliphatic carbocycles. The van der Waals surface area contributed by atoms with Gasteiger partial charge in [-0.3, -0.25) is 9.59 Å². The molecule has 0 spiro atoms. The minimum atomic E-state index is -4.47. The highest BCUT2D eigenvalue weighted by atomic mass is 19.4. The molecule has 0 fully saturated rings. The number of carbonyl (C=O) groups excluding carboxylic acids is 2. The first kappa shape index (κ1) is 20.1. The molecule has 2 amide bonds. The van der Waals surface area contributed by atoms with E-state index in [9.17, 15) is 22.8 Å². The number of halogens is 3. The number of nitrogens with one attached hydrogen (secondary N) is 2. The number of hydrogen-bond acceptors (Lipinski definition) is 3. The van der Waals surface area contributed by atoms with Gasteiger partial charge in [0.05, 0.1) is 28.7 Å². The van der Waals surface area contributed by atoms with E-state index in [1.165, 1.54) is 29.9 Å². The Morgan fingerprint density at radius 3 is 2.21 bits per heavy atom. The molecule has 3 aromatic rings. The van der Waals surface area contributed by atoms with Crippen LogP contribution < -0.4 is 10.6 Å². The molecule has 0 aliphatic heterocycles. The molecule has 0 unspecified atom stereocenters. The van der Waals surface area contributed by atoms with E-state index < -0.39 is 17.6 Å². The quantitative estimate of drug-likeness (QED) is 0.679. The second kappa shape index (κ2) is 7.78. The van der Waals surface area contributed by atoms with Gasteiger partial charge in [0, 0.05) is 18.3 Å². The average Bonchev–Trinajstić information content (AvgIpc) is 3.04. The highest BCUT2D eigenvalue weighted by Gasteiger charge is 2.30. The van der Waals surface area contributed by atoms with Crippen molar-refractivity contribution in [1.82, 2.24) is 9.78 Å². The van der Waals surface area contributed by atoms with Crippen LogP contribution in [-0.4, -0.2) is 21.6 Å². The Labute approximate surface area is 164 Å². The molecule has 0 bridgehead atoms. The van der Waals surface area contributed by atoms with Crippen molar-refractivity contribution in [2.24, 2.45) is 0 Å². The molecule has 9 heteroatoms. The lowest BCUT2D eigenvalue weighted by Gasteiger charge is -2.10. The predicted octanol–water partition coefficient (Wildman–Crippen LogP) is 4.41. The summed E-state index contributed by atoms with van der Waals surface area (Å²) in [5, 5.41) is 9.37. The Kier molecular flexibility index (Phi) is 5.40. The zero-order chi connectivity index (χ0) is 21.2. The Morgan fingerprint density at radius 1 is 1.00 bits per heavy atom. The van der Waals surface area contributed by atoms with Gasteiger partial charge in [-0.05, 0) is 49.4 Å². The van der Waals surface area contributed by atoms with Crippen molar-refractivity contribution in [3.05, 3.63) is 71.5 Å². The number of nitrogens with zero attached hydrogens (tertiary/aromatic N) is 2. The van der Waals surface area contributed by atoms with Gasteiger partial charge in [0.2, 0.25) is 5.91 Å². The van der Waals surface area contributed by atoms with Crippen LogP contribution in [0.2, 0.25) is 0 Å². The van der Waals surface area contributed by atoms with Crippen LogP contribution >= 0.6 is 0 Å². The average molecular weight is 402 g/mol. The molecule has 3 rings (SSSR count). The van der Waals surface area contributed by atoms with Crippen molar-refractivity contribution < 1.29 is 22.8 Å². The summed E-state index contributed by atoms with van der Waals surface area (Å²) in [6.07, 6.45) is -3.17. The summed E-state index contributed by atoms with van der Waals surface area (Å²) in [4.78, 5) is 23.6. The summed E-state index contributed by atoms with van der Waals surface area (Å²) >= 11 is 0. The Bertz CT molecular complexity index is 1060. The lowest BCUT2D eigenvalue weighted by molar-refractivity contribution is -0.137. The topological polar surface area (TPSA) is 76.0 Å². The van der Waals surface area contributed by atoms with Gasteiger partial charge in [0.25, 0.3) is 5.91 Å². The smallest absolute Gasteiger partial charge is 0.326 e. The van der Waals surface area contributed by atoms with E-state index in [-0.39, 0.29) is 17.2 Å². The monoisotopic (exact) mass is 402 g/mol. The van der Waals surface area contributed by atoms with E-state index >= 15 is 0 Å². The molecular weight excluding hydrogens is 385 g/mol. The van der Waals surface area contributed by atoms with Gasteiger partial charge in [0.1, 0.15) is 0 Å². The molecule has 6 nitrogen and oxygen atoms in total. The first-order chi connectivity index (χ1) is 13.6. The molecule has 0 atom stereocenters.